The molecule has 0 radical (unpaired) electrons. The smallest absolute Gasteiger partial charge is 0.163 e. The minimum Gasteiger partial charge on any atom is -0.393 e. The number of Topliss-reactive ketones (excluding diaryl/α,β-unsaturated/α-hetero) is 1. The van der Waals surface area contributed by atoms with Crippen molar-refractivity contribution in [2.45, 2.75) is 103 Å². The predicted molar refractivity (Wildman–Crippen MR) is 120 cm³/mol. The largest absolute Gasteiger partial charge is 0.393 e. The Morgan fingerprint density at radius 3 is 2.71 bits per heavy atom. The number of carbonyl (C=O) groups excluding carboxylic acids is 1. The molecule has 0 unspecified atom stereocenters. The maximum absolute atomic E-state index is 14.1. The van der Waals surface area contributed by atoms with Crippen LogP contribution in [0.25, 0.3) is 0 Å². The summed E-state index contributed by atoms with van der Waals surface area (Å²) in [6.07, 6.45) is 8.57. The van der Waals surface area contributed by atoms with Crippen LogP contribution in [0.15, 0.2) is 11.1 Å². The first-order valence-corrected chi connectivity index (χ1v) is 13.1. The molecule has 6 rings (SSSR count). The molecule has 4 aliphatic carbocycles. The second-order valence-electron chi connectivity index (χ2n) is 12.5. The van der Waals surface area contributed by atoms with Crippen molar-refractivity contribution in [1.29, 1.82) is 0 Å². The minimum atomic E-state index is -0.246. The van der Waals surface area contributed by atoms with E-state index in [1.807, 2.05) is 0 Å². The Morgan fingerprint density at radius 2 is 1.90 bits per heavy atom. The van der Waals surface area contributed by atoms with Gasteiger partial charge in [-0.25, -0.2) is 0 Å². The summed E-state index contributed by atoms with van der Waals surface area (Å²) in [4.78, 5) is 14.1. The molecule has 11 atom stereocenters. The van der Waals surface area contributed by atoms with Crippen LogP contribution in [-0.4, -0.2) is 41.3 Å². The number of nitrogens with one attached hydrogen (secondary N) is 1. The normalized spacial score (nSPS) is 56.3. The molecule has 2 heterocycles. The van der Waals surface area contributed by atoms with Crippen LogP contribution >= 0.6 is 0 Å². The van der Waals surface area contributed by atoms with Gasteiger partial charge in [0.05, 0.1) is 17.8 Å². The topological polar surface area (TPSA) is 58.6 Å². The third-order valence-electron chi connectivity index (χ3n) is 11.2. The van der Waals surface area contributed by atoms with E-state index in [0.717, 1.165) is 45.1 Å². The first-order valence-electron chi connectivity index (χ1n) is 13.1. The second kappa shape index (κ2) is 6.90. The highest BCUT2D eigenvalue weighted by Crippen LogP contribution is 2.65. The van der Waals surface area contributed by atoms with Gasteiger partial charge >= 0.3 is 0 Å². The van der Waals surface area contributed by atoms with Crippen molar-refractivity contribution < 1.29 is 14.6 Å². The lowest BCUT2D eigenvalue weighted by Gasteiger charge is -2.52. The number of hydrogen-bond donors (Lipinski definition) is 2. The summed E-state index contributed by atoms with van der Waals surface area (Å²) >= 11 is 0. The SMILES string of the molecule is CC1=C2C(=O)[C@H]3[C@@H](CC[C@H]4C[C@@H](O)CC[C@@]43C)[C@@H]2CC[C@@]12O[C@H]1C[C@H](C)CN[C@H]1[C@H]2C. The fourth-order valence-electron chi connectivity index (χ4n) is 9.50. The van der Waals surface area contributed by atoms with E-state index in [0.29, 0.717) is 41.4 Å². The Balaban J connectivity index is 1.38. The van der Waals surface area contributed by atoms with E-state index >= 15 is 0 Å². The lowest BCUT2D eigenvalue weighted by Crippen LogP contribution is -2.49. The Bertz CT molecular complexity index is 821. The molecular weight excluding hydrogens is 386 g/mol. The summed E-state index contributed by atoms with van der Waals surface area (Å²) in [7, 11) is 0. The zero-order valence-corrected chi connectivity index (χ0v) is 19.8. The van der Waals surface area contributed by atoms with E-state index in [4.69, 9.17) is 4.74 Å². The predicted octanol–water partition coefficient (Wildman–Crippen LogP) is 4.26. The van der Waals surface area contributed by atoms with E-state index in [-0.39, 0.29) is 29.1 Å². The Kier molecular flexibility index (Phi) is 4.64. The fraction of sp³-hybridized carbons (Fsp3) is 0.889. The van der Waals surface area contributed by atoms with Crippen molar-refractivity contribution in [3.63, 3.8) is 0 Å². The van der Waals surface area contributed by atoms with E-state index in [2.05, 4.69) is 33.0 Å². The van der Waals surface area contributed by atoms with Crippen LogP contribution in [-0.2, 0) is 9.53 Å². The maximum Gasteiger partial charge on any atom is 0.163 e. The van der Waals surface area contributed by atoms with E-state index in [1.54, 1.807) is 0 Å². The molecule has 2 saturated heterocycles. The van der Waals surface area contributed by atoms with Crippen LogP contribution in [0.3, 0.4) is 0 Å². The molecule has 3 saturated carbocycles. The molecule has 1 spiro atoms. The number of aliphatic hydroxyl groups excluding tert-OH is 1. The Labute approximate surface area is 187 Å². The zero-order chi connectivity index (χ0) is 21.7. The first kappa shape index (κ1) is 20.9. The molecule has 0 aromatic heterocycles. The molecule has 5 fully saturated rings. The number of fused-ring (bicyclic) bond motifs is 6. The molecule has 4 heteroatoms. The van der Waals surface area contributed by atoms with Crippen molar-refractivity contribution >= 4 is 5.78 Å². The number of rotatable bonds is 0. The summed E-state index contributed by atoms with van der Waals surface area (Å²) in [6.45, 7) is 10.4. The van der Waals surface area contributed by atoms with Crippen LogP contribution < -0.4 is 5.32 Å². The van der Waals surface area contributed by atoms with Crippen molar-refractivity contribution in [1.82, 2.24) is 5.32 Å². The molecule has 2 aliphatic heterocycles. The van der Waals surface area contributed by atoms with Crippen LogP contribution in [0.2, 0.25) is 0 Å². The van der Waals surface area contributed by atoms with E-state index < -0.39 is 0 Å². The van der Waals surface area contributed by atoms with Crippen molar-refractivity contribution in [3.8, 4) is 0 Å². The highest BCUT2D eigenvalue weighted by molar-refractivity contribution is 6.02. The maximum atomic E-state index is 14.1. The van der Waals surface area contributed by atoms with Gasteiger partial charge in [-0.15, -0.1) is 0 Å². The van der Waals surface area contributed by atoms with Gasteiger partial charge in [0.25, 0.3) is 0 Å². The average molecular weight is 428 g/mol. The summed E-state index contributed by atoms with van der Waals surface area (Å²) in [5.41, 5.74) is 2.29. The van der Waals surface area contributed by atoms with Gasteiger partial charge in [0, 0.05) is 23.5 Å². The van der Waals surface area contributed by atoms with Crippen molar-refractivity contribution in [2.75, 3.05) is 6.54 Å². The zero-order valence-electron chi connectivity index (χ0n) is 19.8. The third kappa shape index (κ3) is 2.68. The van der Waals surface area contributed by atoms with Gasteiger partial charge < -0.3 is 15.2 Å². The van der Waals surface area contributed by atoms with Gasteiger partial charge in [-0.1, -0.05) is 20.8 Å². The summed E-state index contributed by atoms with van der Waals surface area (Å²) in [6, 6.07) is 0.420. The molecule has 6 aliphatic rings. The number of hydrogen-bond acceptors (Lipinski definition) is 4. The molecule has 2 N–H and O–H groups in total. The lowest BCUT2D eigenvalue weighted by molar-refractivity contribution is -0.132. The number of ether oxygens (including phenoxy) is 1. The van der Waals surface area contributed by atoms with Gasteiger partial charge in [0.1, 0.15) is 0 Å². The molecular formula is C27H41NO3. The Morgan fingerprint density at radius 1 is 1.10 bits per heavy atom. The molecule has 0 aromatic carbocycles. The van der Waals surface area contributed by atoms with Crippen LogP contribution in [0.1, 0.15) is 79.1 Å². The van der Waals surface area contributed by atoms with Gasteiger partial charge in [-0.2, -0.15) is 0 Å². The van der Waals surface area contributed by atoms with Crippen LogP contribution in [0.4, 0.5) is 0 Å². The van der Waals surface area contributed by atoms with E-state index in [1.165, 1.54) is 24.0 Å². The molecule has 172 valence electrons. The quantitative estimate of drug-likeness (QED) is 0.606. The van der Waals surface area contributed by atoms with Crippen LogP contribution in [0, 0.1) is 40.9 Å². The first-order chi connectivity index (χ1) is 14.8. The molecule has 0 amide bonds. The standard InChI is InChI=1S/C27H41NO3/c1-14-11-21-24(28-13-14)16(3)27(31-21)10-8-19-20-6-5-17-12-18(29)7-9-26(17,4)23(20)25(30)22(19)15(27)2/h14,16-21,23-24,28-29H,5-13H2,1-4H3/t14-,16+,17-,18-,19-,20-,21-,23+,24-,26-,27+/m0/s1. The second-order valence-corrected chi connectivity index (χ2v) is 12.5. The van der Waals surface area contributed by atoms with Gasteiger partial charge in [0.2, 0.25) is 0 Å². The third-order valence-corrected chi connectivity index (χ3v) is 11.2. The summed E-state index contributed by atoms with van der Waals surface area (Å²) in [5.74, 6) is 3.17. The lowest BCUT2D eigenvalue weighted by atomic mass is 9.52. The molecule has 0 aromatic rings. The van der Waals surface area contributed by atoms with Crippen molar-refractivity contribution in [2.24, 2.45) is 40.9 Å². The highest BCUT2D eigenvalue weighted by atomic mass is 16.5. The monoisotopic (exact) mass is 427 g/mol. The number of ketones is 1. The minimum absolute atomic E-state index is 0.0735. The molecule has 4 nitrogen and oxygen atoms in total. The van der Waals surface area contributed by atoms with E-state index in [9.17, 15) is 9.90 Å². The Hall–Kier alpha value is -0.710. The fourth-order valence-corrected chi connectivity index (χ4v) is 9.50. The molecule has 31 heavy (non-hydrogen) atoms. The summed E-state index contributed by atoms with van der Waals surface area (Å²) < 4.78 is 6.94. The van der Waals surface area contributed by atoms with Crippen molar-refractivity contribution in [3.05, 3.63) is 11.1 Å². The van der Waals surface area contributed by atoms with Gasteiger partial charge in [0.15, 0.2) is 5.78 Å². The number of carbonyl (C=O) groups is 1. The number of aliphatic hydroxyl groups is 1. The average Bonchev–Trinajstić information content (AvgIpc) is 3.18. The van der Waals surface area contributed by atoms with Crippen LogP contribution in [0.5, 0.6) is 0 Å². The number of allylic oxidation sites excluding steroid dienone is 1. The van der Waals surface area contributed by atoms with Gasteiger partial charge in [-0.05, 0) is 99.5 Å². The number of piperidine rings is 1. The molecule has 0 bridgehead atoms. The highest BCUT2D eigenvalue weighted by Gasteiger charge is 2.64. The van der Waals surface area contributed by atoms with Gasteiger partial charge in [-0.3, -0.25) is 4.79 Å². The summed E-state index contributed by atoms with van der Waals surface area (Å²) in [5, 5.41) is 14.1.